The van der Waals surface area contributed by atoms with Crippen LogP contribution in [0.1, 0.15) is 33.2 Å². The Labute approximate surface area is 224 Å². The number of nitrogens with one attached hydrogen (secondary N) is 1. The van der Waals surface area contributed by atoms with Gasteiger partial charge in [0.05, 0.1) is 20.3 Å². The Morgan fingerprint density at radius 1 is 1.05 bits per heavy atom. The van der Waals surface area contributed by atoms with E-state index in [0.717, 1.165) is 21.6 Å². The van der Waals surface area contributed by atoms with Gasteiger partial charge in [0.1, 0.15) is 17.1 Å². The van der Waals surface area contributed by atoms with Crippen LogP contribution in [0.5, 0.6) is 17.2 Å². The SMILES string of the molecule is COc1ccc(CCN2C(=O)c3[nH]nc(-c4cc(Cl)ccc4O)c3C2c2ccc(SC)cc2)cc1OC. The van der Waals surface area contributed by atoms with E-state index >= 15 is 0 Å². The van der Waals surface area contributed by atoms with E-state index in [1.54, 1.807) is 38.1 Å². The Hall–Kier alpha value is -3.62. The third kappa shape index (κ3) is 4.63. The molecule has 190 valence electrons. The number of halogens is 1. The number of methoxy groups -OCH3 is 2. The number of ether oxygens (including phenoxy) is 2. The van der Waals surface area contributed by atoms with Gasteiger partial charge in [-0.05, 0) is 66.3 Å². The first kappa shape index (κ1) is 25.0. The normalized spacial score (nSPS) is 14.6. The van der Waals surface area contributed by atoms with Gasteiger partial charge in [-0.1, -0.05) is 29.8 Å². The van der Waals surface area contributed by atoms with Crippen molar-refractivity contribution in [2.45, 2.75) is 17.4 Å². The molecule has 0 bridgehead atoms. The van der Waals surface area contributed by atoms with E-state index in [2.05, 4.69) is 10.2 Å². The Morgan fingerprint density at radius 2 is 1.81 bits per heavy atom. The van der Waals surface area contributed by atoms with Crippen LogP contribution in [0.4, 0.5) is 0 Å². The number of phenolic OH excluding ortho intramolecular Hbond substituents is 1. The van der Waals surface area contributed by atoms with Crippen molar-refractivity contribution in [1.82, 2.24) is 15.1 Å². The van der Waals surface area contributed by atoms with Gasteiger partial charge in [0.2, 0.25) is 0 Å². The average Bonchev–Trinajstić information content (AvgIpc) is 3.47. The van der Waals surface area contributed by atoms with Crippen LogP contribution in [-0.2, 0) is 6.42 Å². The summed E-state index contributed by atoms with van der Waals surface area (Å²) in [5.74, 6) is 1.20. The number of amides is 1. The van der Waals surface area contributed by atoms with E-state index in [1.165, 1.54) is 6.07 Å². The second-order valence-electron chi connectivity index (χ2n) is 8.64. The summed E-state index contributed by atoms with van der Waals surface area (Å²) in [4.78, 5) is 16.6. The van der Waals surface area contributed by atoms with Crippen LogP contribution in [0, 0.1) is 0 Å². The average molecular weight is 536 g/mol. The molecule has 0 radical (unpaired) electrons. The molecule has 1 atom stereocenters. The standard InChI is InChI=1S/C28H26ClN3O4S/c1-35-22-11-4-16(14-23(22)36-2)12-13-32-27(17-5-8-19(37-3)9-6-17)24-25(30-31-26(24)28(32)34)20-15-18(29)7-10-21(20)33/h4-11,14-15,27,33H,12-13H2,1-3H3,(H,30,31). The second-order valence-corrected chi connectivity index (χ2v) is 9.95. The van der Waals surface area contributed by atoms with Crippen LogP contribution < -0.4 is 9.47 Å². The highest BCUT2D eigenvalue weighted by molar-refractivity contribution is 7.98. The lowest BCUT2D eigenvalue weighted by atomic mass is 9.95. The predicted octanol–water partition coefficient (Wildman–Crippen LogP) is 5.96. The number of aromatic hydroxyl groups is 1. The molecule has 1 aliphatic rings. The highest BCUT2D eigenvalue weighted by atomic mass is 35.5. The number of carbonyl (C=O) groups excluding carboxylic acids is 1. The van der Waals surface area contributed by atoms with Crippen LogP contribution in [0.2, 0.25) is 5.02 Å². The molecule has 2 heterocycles. The molecule has 1 aromatic heterocycles. The van der Waals surface area contributed by atoms with Gasteiger partial charge < -0.3 is 19.5 Å². The zero-order valence-electron chi connectivity index (χ0n) is 20.6. The molecule has 7 nitrogen and oxygen atoms in total. The highest BCUT2D eigenvalue weighted by Gasteiger charge is 2.42. The van der Waals surface area contributed by atoms with Crippen molar-refractivity contribution in [3.05, 3.63) is 88.1 Å². The molecule has 0 aliphatic carbocycles. The molecule has 3 aromatic carbocycles. The molecule has 0 fully saturated rings. The number of hydrogen-bond acceptors (Lipinski definition) is 6. The van der Waals surface area contributed by atoms with Gasteiger partial charge in [-0.2, -0.15) is 5.10 Å². The van der Waals surface area contributed by atoms with Gasteiger partial charge in [-0.15, -0.1) is 11.8 Å². The summed E-state index contributed by atoms with van der Waals surface area (Å²) in [6, 6.07) is 18.4. The molecule has 9 heteroatoms. The largest absolute Gasteiger partial charge is 0.507 e. The van der Waals surface area contributed by atoms with E-state index in [9.17, 15) is 9.90 Å². The number of H-pyrrole nitrogens is 1. The third-order valence-corrected chi connectivity index (χ3v) is 7.58. The maximum atomic E-state index is 13.7. The molecule has 2 N–H and O–H groups in total. The molecule has 0 saturated carbocycles. The smallest absolute Gasteiger partial charge is 0.273 e. The van der Waals surface area contributed by atoms with Crippen LogP contribution in [0.3, 0.4) is 0 Å². The van der Waals surface area contributed by atoms with E-state index in [4.69, 9.17) is 21.1 Å². The highest BCUT2D eigenvalue weighted by Crippen LogP contribution is 2.45. The predicted molar refractivity (Wildman–Crippen MR) is 145 cm³/mol. The van der Waals surface area contributed by atoms with Gasteiger partial charge in [-0.3, -0.25) is 9.89 Å². The summed E-state index contributed by atoms with van der Waals surface area (Å²) < 4.78 is 10.8. The van der Waals surface area contributed by atoms with Gasteiger partial charge in [-0.25, -0.2) is 0 Å². The first-order valence-electron chi connectivity index (χ1n) is 11.7. The third-order valence-electron chi connectivity index (χ3n) is 6.60. The van der Waals surface area contributed by atoms with Gasteiger partial charge in [0, 0.05) is 27.6 Å². The number of aromatic amines is 1. The molecular weight excluding hydrogens is 510 g/mol. The zero-order valence-corrected chi connectivity index (χ0v) is 22.2. The Bertz CT molecular complexity index is 1450. The minimum Gasteiger partial charge on any atom is -0.507 e. The van der Waals surface area contributed by atoms with Crippen molar-refractivity contribution < 1.29 is 19.4 Å². The van der Waals surface area contributed by atoms with E-state index in [1.807, 2.05) is 53.6 Å². The van der Waals surface area contributed by atoms with Crippen molar-refractivity contribution in [2.24, 2.45) is 0 Å². The van der Waals surface area contributed by atoms with Gasteiger partial charge in [0.15, 0.2) is 11.5 Å². The van der Waals surface area contributed by atoms with Gasteiger partial charge >= 0.3 is 0 Å². The Balaban J connectivity index is 1.55. The number of rotatable bonds is 8. The Kier molecular flexibility index (Phi) is 7.04. The number of thioether (sulfide) groups is 1. The minimum atomic E-state index is -0.384. The maximum absolute atomic E-state index is 13.7. The number of phenols is 1. The topological polar surface area (TPSA) is 87.7 Å². The molecule has 0 spiro atoms. The quantitative estimate of drug-likeness (QED) is 0.271. The van der Waals surface area contributed by atoms with E-state index < -0.39 is 0 Å². The maximum Gasteiger partial charge on any atom is 0.273 e. The number of aromatic nitrogens is 2. The van der Waals surface area contributed by atoms with Gasteiger partial charge in [0.25, 0.3) is 5.91 Å². The molecule has 4 aromatic rings. The summed E-state index contributed by atoms with van der Waals surface area (Å²) >= 11 is 7.90. The number of benzene rings is 3. The number of hydrogen-bond donors (Lipinski definition) is 2. The lowest BCUT2D eigenvalue weighted by Crippen LogP contribution is -2.31. The Morgan fingerprint density at radius 3 is 2.51 bits per heavy atom. The molecule has 5 rings (SSSR count). The fourth-order valence-electron chi connectivity index (χ4n) is 4.75. The van der Waals surface area contributed by atoms with Crippen molar-refractivity contribution >= 4 is 29.3 Å². The summed E-state index contributed by atoms with van der Waals surface area (Å²) in [7, 11) is 3.20. The van der Waals surface area contributed by atoms with Crippen LogP contribution >= 0.6 is 23.4 Å². The van der Waals surface area contributed by atoms with Crippen molar-refractivity contribution in [1.29, 1.82) is 0 Å². The number of nitrogens with zero attached hydrogens (tertiary/aromatic N) is 2. The van der Waals surface area contributed by atoms with E-state index in [-0.39, 0.29) is 17.7 Å². The zero-order chi connectivity index (χ0) is 26.1. The van der Waals surface area contributed by atoms with Crippen LogP contribution in [-0.4, -0.2) is 53.1 Å². The molecule has 1 amide bonds. The monoisotopic (exact) mass is 535 g/mol. The van der Waals surface area contributed by atoms with Crippen LogP contribution in [0.15, 0.2) is 65.6 Å². The number of fused-ring (bicyclic) bond motifs is 1. The molecule has 1 unspecified atom stereocenters. The summed E-state index contributed by atoms with van der Waals surface area (Å²) in [6.07, 6.45) is 2.64. The molecule has 1 aliphatic heterocycles. The molecular formula is C28H26ClN3O4S. The van der Waals surface area contributed by atoms with E-state index in [0.29, 0.717) is 46.4 Å². The molecule has 0 saturated heterocycles. The second kappa shape index (κ2) is 10.4. The lowest BCUT2D eigenvalue weighted by Gasteiger charge is -2.27. The lowest BCUT2D eigenvalue weighted by molar-refractivity contribution is 0.0746. The summed E-state index contributed by atoms with van der Waals surface area (Å²) in [6.45, 7) is 0.465. The summed E-state index contributed by atoms with van der Waals surface area (Å²) in [5, 5.41) is 18.4. The van der Waals surface area contributed by atoms with Crippen molar-refractivity contribution in [2.75, 3.05) is 27.0 Å². The fourth-order valence-corrected chi connectivity index (χ4v) is 5.33. The van der Waals surface area contributed by atoms with Crippen molar-refractivity contribution in [3.63, 3.8) is 0 Å². The molecule has 37 heavy (non-hydrogen) atoms. The van der Waals surface area contributed by atoms with Crippen LogP contribution in [0.25, 0.3) is 11.3 Å². The first-order valence-corrected chi connectivity index (χ1v) is 13.3. The summed E-state index contributed by atoms with van der Waals surface area (Å²) in [5.41, 5.74) is 4.11. The minimum absolute atomic E-state index is 0.0476. The van der Waals surface area contributed by atoms with Crippen molar-refractivity contribution in [3.8, 4) is 28.5 Å². The fraction of sp³-hybridized carbons (Fsp3) is 0.214. The number of carbonyl (C=O) groups is 1. The first-order chi connectivity index (χ1) is 17.9.